The molecule has 31 heavy (non-hydrogen) atoms. The fraction of sp³-hybridized carbons (Fsp3) is 0.875. The van der Waals surface area contributed by atoms with Gasteiger partial charge in [-0.05, 0) is 32.1 Å². The molecule has 0 fully saturated rings. The summed E-state index contributed by atoms with van der Waals surface area (Å²) in [5, 5.41) is 2.88. The van der Waals surface area contributed by atoms with E-state index < -0.39 is 16.0 Å². The SMILES string of the molecule is CCCCCCCCC=CCCCCCCCC(=O)NCCC[N+](C)(C)CS(=O)(=O)[O-]. The normalized spacial score (nSPS) is 12.5. The fourth-order valence-electron chi connectivity index (χ4n) is 3.67. The number of carbonyl (C=O) groups is 1. The summed E-state index contributed by atoms with van der Waals surface area (Å²) in [7, 11) is -0.815. The number of unbranched alkanes of at least 4 members (excludes halogenated alkanes) is 11. The fourth-order valence-corrected chi connectivity index (χ4v) is 4.66. The molecule has 184 valence electrons. The van der Waals surface area contributed by atoms with Crippen LogP contribution in [0.5, 0.6) is 0 Å². The van der Waals surface area contributed by atoms with Crippen molar-refractivity contribution in [1.82, 2.24) is 5.32 Å². The van der Waals surface area contributed by atoms with E-state index in [9.17, 15) is 17.8 Å². The Hall–Kier alpha value is -0.920. The average molecular weight is 461 g/mol. The molecule has 6 nitrogen and oxygen atoms in total. The number of nitrogens with zero attached hydrogens (tertiary/aromatic N) is 1. The molecule has 1 amide bonds. The summed E-state index contributed by atoms with van der Waals surface area (Å²) in [6, 6.07) is 0. The minimum atomic E-state index is -4.24. The Kier molecular flexibility index (Phi) is 18.1. The van der Waals surface area contributed by atoms with Gasteiger partial charge in [-0.15, -0.1) is 0 Å². The lowest BCUT2D eigenvalue weighted by Gasteiger charge is -2.30. The Morgan fingerprint density at radius 1 is 0.839 bits per heavy atom. The van der Waals surface area contributed by atoms with E-state index in [1.54, 1.807) is 14.1 Å². The number of amides is 1. The van der Waals surface area contributed by atoms with Gasteiger partial charge in [0.1, 0.15) is 10.1 Å². The van der Waals surface area contributed by atoms with E-state index in [0.29, 0.717) is 25.9 Å². The van der Waals surface area contributed by atoms with Gasteiger partial charge in [-0.25, -0.2) is 8.42 Å². The van der Waals surface area contributed by atoms with E-state index in [-0.39, 0.29) is 10.4 Å². The van der Waals surface area contributed by atoms with Crippen molar-refractivity contribution in [3.05, 3.63) is 12.2 Å². The van der Waals surface area contributed by atoms with Gasteiger partial charge in [0, 0.05) is 19.4 Å². The monoisotopic (exact) mass is 460 g/mol. The molecule has 0 unspecified atom stereocenters. The first kappa shape index (κ1) is 30.1. The molecule has 0 saturated heterocycles. The van der Waals surface area contributed by atoms with Crippen molar-refractivity contribution in [3.63, 3.8) is 0 Å². The average Bonchev–Trinajstić information content (AvgIpc) is 2.66. The molecule has 1 N–H and O–H groups in total. The number of rotatable bonds is 21. The summed E-state index contributed by atoms with van der Waals surface area (Å²) in [4.78, 5) is 11.9. The van der Waals surface area contributed by atoms with E-state index in [1.165, 1.54) is 70.6 Å². The molecule has 0 aliphatic heterocycles. The lowest BCUT2D eigenvalue weighted by atomic mass is 10.1. The second-order valence-electron chi connectivity index (χ2n) is 9.38. The predicted octanol–water partition coefficient (Wildman–Crippen LogP) is 5.11. The van der Waals surface area contributed by atoms with Gasteiger partial charge in [-0.2, -0.15) is 0 Å². The molecule has 0 spiro atoms. The largest absolute Gasteiger partial charge is 0.744 e. The Morgan fingerprint density at radius 3 is 1.90 bits per heavy atom. The minimum Gasteiger partial charge on any atom is -0.744 e. The molecule has 7 heteroatoms. The van der Waals surface area contributed by atoms with E-state index in [1.807, 2.05) is 0 Å². The van der Waals surface area contributed by atoms with Crippen LogP contribution < -0.4 is 5.32 Å². The lowest BCUT2D eigenvalue weighted by molar-refractivity contribution is -0.878. The third kappa shape index (κ3) is 23.6. The highest BCUT2D eigenvalue weighted by Crippen LogP contribution is 2.10. The van der Waals surface area contributed by atoms with Crippen molar-refractivity contribution in [2.24, 2.45) is 0 Å². The molecule has 0 saturated carbocycles. The third-order valence-electron chi connectivity index (χ3n) is 5.44. The van der Waals surface area contributed by atoms with Gasteiger partial charge in [0.2, 0.25) is 5.91 Å². The first-order valence-electron chi connectivity index (χ1n) is 12.3. The number of carbonyl (C=O) groups excluding carboxylic acids is 1. The van der Waals surface area contributed by atoms with E-state index in [2.05, 4.69) is 24.4 Å². The van der Waals surface area contributed by atoms with Gasteiger partial charge in [0.15, 0.2) is 5.88 Å². The van der Waals surface area contributed by atoms with E-state index in [4.69, 9.17) is 0 Å². The Morgan fingerprint density at radius 2 is 1.35 bits per heavy atom. The maximum absolute atomic E-state index is 11.9. The van der Waals surface area contributed by atoms with Crippen LogP contribution in [-0.4, -0.2) is 56.4 Å². The Bertz CT molecular complexity index is 574. The summed E-state index contributed by atoms with van der Waals surface area (Å²) in [6.07, 6.45) is 22.0. The highest BCUT2D eigenvalue weighted by molar-refractivity contribution is 7.85. The summed E-state index contributed by atoms with van der Waals surface area (Å²) < 4.78 is 32.7. The van der Waals surface area contributed by atoms with Crippen molar-refractivity contribution in [1.29, 1.82) is 0 Å². The molecule has 0 aromatic heterocycles. The van der Waals surface area contributed by atoms with Crippen LogP contribution in [0.3, 0.4) is 0 Å². The number of hydrogen-bond acceptors (Lipinski definition) is 4. The van der Waals surface area contributed by atoms with Crippen LogP contribution in [-0.2, 0) is 14.9 Å². The summed E-state index contributed by atoms with van der Waals surface area (Å²) >= 11 is 0. The molecule has 0 aliphatic carbocycles. The molecule has 0 bridgehead atoms. The van der Waals surface area contributed by atoms with Crippen LogP contribution in [0.4, 0.5) is 0 Å². The van der Waals surface area contributed by atoms with E-state index >= 15 is 0 Å². The zero-order valence-electron chi connectivity index (χ0n) is 20.4. The van der Waals surface area contributed by atoms with Gasteiger partial charge in [-0.3, -0.25) is 4.79 Å². The van der Waals surface area contributed by atoms with Crippen LogP contribution in [0.2, 0.25) is 0 Å². The molecule has 0 rings (SSSR count). The maximum Gasteiger partial charge on any atom is 0.219 e. The van der Waals surface area contributed by atoms with Crippen molar-refractivity contribution >= 4 is 16.0 Å². The van der Waals surface area contributed by atoms with Gasteiger partial charge in [-0.1, -0.05) is 70.4 Å². The highest BCUT2D eigenvalue weighted by Gasteiger charge is 2.18. The van der Waals surface area contributed by atoms with Gasteiger partial charge >= 0.3 is 0 Å². The number of allylic oxidation sites excluding steroid dienone is 2. The second kappa shape index (κ2) is 18.6. The highest BCUT2D eigenvalue weighted by atomic mass is 32.2. The van der Waals surface area contributed by atoms with Gasteiger partial charge in [0.05, 0.1) is 20.6 Å². The zero-order valence-corrected chi connectivity index (χ0v) is 21.2. The lowest BCUT2D eigenvalue weighted by Crippen LogP contribution is -2.45. The van der Waals surface area contributed by atoms with Crippen molar-refractivity contribution in [2.75, 3.05) is 33.1 Å². The van der Waals surface area contributed by atoms with Gasteiger partial charge < -0.3 is 14.4 Å². The van der Waals surface area contributed by atoms with Crippen molar-refractivity contribution < 1.29 is 22.2 Å². The molecular formula is C24H48N2O4S. The number of hydrogen-bond donors (Lipinski definition) is 1. The summed E-state index contributed by atoms with van der Waals surface area (Å²) in [5.41, 5.74) is 0. The molecule has 0 aromatic rings. The predicted molar refractivity (Wildman–Crippen MR) is 129 cm³/mol. The van der Waals surface area contributed by atoms with Crippen LogP contribution in [0.1, 0.15) is 103 Å². The maximum atomic E-state index is 11.9. The molecule has 0 heterocycles. The minimum absolute atomic E-state index is 0.0550. The van der Waals surface area contributed by atoms with Crippen LogP contribution >= 0.6 is 0 Å². The molecular weight excluding hydrogens is 412 g/mol. The molecule has 0 radical (unpaired) electrons. The molecule has 0 aromatic carbocycles. The first-order valence-corrected chi connectivity index (χ1v) is 13.9. The summed E-state index contributed by atoms with van der Waals surface area (Å²) in [6.45, 7) is 3.31. The zero-order chi connectivity index (χ0) is 23.4. The molecule has 0 aliphatic rings. The van der Waals surface area contributed by atoms with Crippen molar-refractivity contribution in [2.45, 2.75) is 103 Å². The standard InChI is InChI=1S/C24H48N2O4S/c1-4-5-6-7-8-9-10-11-12-13-14-15-16-17-18-20-24(27)25-21-19-22-26(2,3)23-31(28,29)30/h11-12H,4-10,13-23H2,1-3H3,(H-,25,27,28,29,30). The van der Waals surface area contributed by atoms with Crippen LogP contribution in [0, 0.1) is 0 Å². The molecule has 0 atom stereocenters. The smallest absolute Gasteiger partial charge is 0.219 e. The quantitative estimate of drug-likeness (QED) is 0.112. The number of nitrogens with one attached hydrogen (secondary N) is 1. The van der Waals surface area contributed by atoms with Crippen LogP contribution in [0.15, 0.2) is 12.2 Å². The Labute approximate surface area is 192 Å². The first-order chi connectivity index (χ1) is 14.7. The summed E-state index contributed by atoms with van der Waals surface area (Å²) in [5.74, 6) is -0.366. The number of quaternary nitrogens is 1. The topological polar surface area (TPSA) is 86.3 Å². The van der Waals surface area contributed by atoms with Gasteiger partial charge in [0.25, 0.3) is 0 Å². The van der Waals surface area contributed by atoms with Crippen LogP contribution in [0.25, 0.3) is 0 Å². The van der Waals surface area contributed by atoms with E-state index in [0.717, 1.165) is 12.8 Å². The van der Waals surface area contributed by atoms with Crippen molar-refractivity contribution in [3.8, 4) is 0 Å². The Balaban J connectivity index is 3.46. The third-order valence-corrected chi connectivity index (χ3v) is 6.45. The second-order valence-corrected chi connectivity index (χ2v) is 10.8.